The summed E-state index contributed by atoms with van der Waals surface area (Å²) in [6, 6.07) is 4.74. The number of nitrogens with one attached hydrogen (secondary N) is 1. The largest absolute Gasteiger partial charge is 0.373 e. The van der Waals surface area contributed by atoms with Gasteiger partial charge in [-0.3, -0.25) is 4.90 Å². The van der Waals surface area contributed by atoms with Crippen molar-refractivity contribution in [2.24, 2.45) is 0 Å². The molecule has 8 heteroatoms. The second kappa shape index (κ2) is 8.27. The monoisotopic (exact) mass is 424 g/mol. The molecule has 23 heavy (non-hydrogen) atoms. The second-order valence-corrected chi connectivity index (χ2v) is 8.90. The molecule has 0 aliphatic carbocycles. The van der Waals surface area contributed by atoms with Gasteiger partial charge in [-0.1, -0.05) is 27.5 Å². The van der Waals surface area contributed by atoms with E-state index >= 15 is 0 Å². The summed E-state index contributed by atoms with van der Waals surface area (Å²) >= 11 is 9.27. The van der Waals surface area contributed by atoms with E-state index in [0.717, 1.165) is 30.5 Å². The van der Waals surface area contributed by atoms with E-state index in [0.29, 0.717) is 6.54 Å². The number of halogens is 2. The first kappa shape index (κ1) is 19.1. The zero-order valence-corrected chi connectivity index (χ0v) is 16.4. The number of benzene rings is 1. The molecule has 1 saturated heterocycles. The number of morpholine rings is 1. The summed E-state index contributed by atoms with van der Waals surface area (Å²) in [5.74, 6) is 0. The zero-order valence-electron chi connectivity index (χ0n) is 13.3. The molecule has 1 N–H and O–H groups in total. The normalized spacial score (nSPS) is 23.1. The summed E-state index contributed by atoms with van der Waals surface area (Å²) in [4.78, 5) is 2.41. The van der Waals surface area contributed by atoms with Crippen LogP contribution in [-0.2, 0) is 14.8 Å². The van der Waals surface area contributed by atoms with Crippen LogP contribution in [0.25, 0.3) is 0 Å². The van der Waals surface area contributed by atoms with Gasteiger partial charge in [0.1, 0.15) is 4.90 Å². The van der Waals surface area contributed by atoms with Gasteiger partial charge in [0.05, 0.1) is 17.2 Å². The average Bonchev–Trinajstić information content (AvgIpc) is 2.42. The van der Waals surface area contributed by atoms with Crippen molar-refractivity contribution in [1.29, 1.82) is 0 Å². The van der Waals surface area contributed by atoms with Crippen LogP contribution in [0.1, 0.15) is 20.3 Å². The van der Waals surface area contributed by atoms with E-state index in [1.54, 1.807) is 12.1 Å². The van der Waals surface area contributed by atoms with Gasteiger partial charge in [0.25, 0.3) is 0 Å². The molecule has 2 atom stereocenters. The second-order valence-electron chi connectivity index (χ2n) is 5.84. The lowest BCUT2D eigenvalue weighted by Gasteiger charge is -2.35. The van der Waals surface area contributed by atoms with Crippen molar-refractivity contribution >= 4 is 37.6 Å². The maximum atomic E-state index is 12.3. The summed E-state index contributed by atoms with van der Waals surface area (Å²) < 4.78 is 33.6. The quantitative estimate of drug-likeness (QED) is 0.712. The van der Waals surface area contributed by atoms with Crippen molar-refractivity contribution in [2.75, 3.05) is 26.2 Å². The van der Waals surface area contributed by atoms with Gasteiger partial charge in [0, 0.05) is 24.1 Å². The van der Waals surface area contributed by atoms with Gasteiger partial charge < -0.3 is 4.74 Å². The van der Waals surface area contributed by atoms with Gasteiger partial charge in [-0.25, -0.2) is 13.1 Å². The van der Waals surface area contributed by atoms with Crippen molar-refractivity contribution in [2.45, 2.75) is 37.4 Å². The van der Waals surface area contributed by atoms with E-state index in [2.05, 4.69) is 39.4 Å². The lowest BCUT2D eigenvalue weighted by atomic mass is 10.2. The molecule has 0 amide bonds. The Morgan fingerprint density at radius 1 is 1.35 bits per heavy atom. The molecule has 0 aromatic heterocycles. The standard InChI is InChI=1S/C15H22BrClN2O3S/c1-11-9-19(10-12(2)22-11)7-3-6-18-23(20,21)15-5-4-13(16)8-14(15)17/h4-5,8,11-12,18H,3,6-7,9-10H2,1-2H3. The third-order valence-electron chi connectivity index (χ3n) is 3.62. The zero-order chi connectivity index (χ0) is 17.0. The Morgan fingerprint density at radius 3 is 2.61 bits per heavy atom. The van der Waals surface area contributed by atoms with Crippen molar-refractivity contribution in [3.05, 3.63) is 27.7 Å². The Morgan fingerprint density at radius 2 is 2.00 bits per heavy atom. The molecule has 5 nitrogen and oxygen atoms in total. The first-order valence-corrected chi connectivity index (χ1v) is 10.3. The minimum atomic E-state index is -3.58. The van der Waals surface area contributed by atoms with Crippen LogP contribution in [0.4, 0.5) is 0 Å². The molecule has 1 aliphatic heterocycles. The maximum Gasteiger partial charge on any atom is 0.242 e. The molecule has 1 aromatic carbocycles. The van der Waals surface area contributed by atoms with E-state index in [9.17, 15) is 8.42 Å². The lowest BCUT2D eigenvalue weighted by Crippen LogP contribution is -2.46. The predicted molar refractivity (Wildman–Crippen MR) is 95.4 cm³/mol. The third kappa shape index (κ3) is 5.69. The molecule has 1 aromatic rings. The Kier molecular flexibility index (Phi) is 6.88. The average molecular weight is 426 g/mol. The van der Waals surface area contributed by atoms with E-state index in [4.69, 9.17) is 16.3 Å². The van der Waals surface area contributed by atoms with Crippen molar-refractivity contribution < 1.29 is 13.2 Å². The van der Waals surface area contributed by atoms with Crippen LogP contribution in [-0.4, -0.2) is 51.7 Å². The highest BCUT2D eigenvalue weighted by Gasteiger charge is 2.22. The first-order chi connectivity index (χ1) is 10.8. The van der Waals surface area contributed by atoms with Gasteiger partial charge >= 0.3 is 0 Å². The van der Waals surface area contributed by atoms with Crippen LogP contribution in [0.3, 0.4) is 0 Å². The van der Waals surface area contributed by atoms with Gasteiger partial charge in [0.2, 0.25) is 10.0 Å². The number of hydrogen-bond donors (Lipinski definition) is 1. The number of sulfonamides is 1. The van der Waals surface area contributed by atoms with E-state index in [-0.39, 0.29) is 22.1 Å². The molecule has 1 aliphatic rings. The molecule has 1 heterocycles. The van der Waals surface area contributed by atoms with E-state index in [1.165, 1.54) is 6.07 Å². The van der Waals surface area contributed by atoms with E-state index < -0.39 is 10.0 Å². The predicted octanol–water partition coefficient (Wildman–Crippen LogP) is 2.88. The highest BCUT2D eigenvalue weighted by Crippen LogP contribution is 2.25. The Bertz CT molecular complexity index is 632. The molecule has 0 radical (unpaired) electrons. The Hall–Kier alpha value is -0.180. The molecule has 0 saturated carbocycles. The van der Waals surface area contributed by atoms with Gasteiger partial charge in [-0.2, -0.15) is 0 Å². The Labute approximate surface area is 151 Å². The SMILES string of the molecule is CC1CN(CCCNS(=O)(=O)c2ccc(Br)cc2Cl)CC(C)O1. The molecule has 0 bridgehead atoms. The van der Waals surface area contributed by atoms with Crippen molar-refractivity contribution in [3.63, 3.8) is 0 Å². The highest BCUT2D eigenvalue weighted by molar-refractivity contribution is 9.10. The van der Waals surface area contributed by atoms with E-state index in [1.807, 2.05) is 0 Å². The van der Waals surface area contributed by atoms with Crippen molar-refractivity contribution in [1.82, 2.24) is 9.62 Å². The minimum absolute atomic E-state index is 0.107. The van der Waals surface area contributed by atoms with Gasteiger partial charge in [-0.15, -0.1) is 0 Å². The lowest BCUT2D eigenvalue weighted by molar-refractivity contribution is -0.0679. The number of ether oxygens (including phenoxy) is 1. The fourth-order valence-electron chi connectivity index (χ4n) is 2.75. The maximum absolute atomic E-state index is 12.3. The summed E-state index contributed by atoms with van der Waals surface area (Å²) in [6.07, 6.45) is 1.18. The minimum Gasteiger partial charge on any atom is -0.373 e. The molecule has 130 valence electrons. The fraction of sp³-hybridized carbons (Fsp3) is 0.600. The number of nitrogens with zero attached hydrogens (tertiary/aromatic N) is 1. The van der Waals surface area contributed by atoms with Crippen LogP contribution in [0.2, 0.25) is 5.02 Å². The summed E-state index contributed by atoms with van der Waals surface area (Å²) in [5.41, 5.74) is 0. The fourth-order valence-corrected chi connectivity index (χ4v) is 4.86. The van der Waals surface area contributed by atoms with Crippen LogP contribution >= 0.6 is 27.5 Å². The number of hydrogen-bond acceptors (Lipinski definition) is 4. The molecule has 2 rings (SSSR count). The van der Waals surface area contributed by atoms with Crippen LogP contribution in [0, 0.1) is 0 Å². The molecular formula is C15H22BrClN2O3S. The molecule has 2 unspecified atom stereocenters. The number of rotatable bonds is 6. The third-order valence-corrected chi connectivity index (χ3v) is 6.06. The van der Waals surface area contributed by atoms with Crippen molar-refractivity contribution in [3.8, 4) is 0 Å². The molecule has 0 spiro atoms. The van der Waals surface area contributed by atoms with Crippen LogP contribution in [0.15, 0.2) is 27.6 Å². The summed E-state index contributed by atoms with van der Waals surface area (Å²) in [7, 11) is -3.58. The summed E-state index contributed by atoms with van der Waals surface area (Å²) in [5, 5.41) is 0.211. The van der Waals surface area contributed by atoms with Crippen LogP contribution < -0.4 is 4.72 Å². The first-order valence-electron chi connectivity index (χ1n) is 7.60. The van der Waals surface area contributed by atoms with Crippen LogP contribution in [0.5, 0.6) is 0 Å². The topological polar surface area (TPSA) is 58.6 Å². The smallest absolute Gasteiger partial charge is 0.242 e. The molecule has 1 fully saturated rings. The molecular weight excluding hydrogens is 404 g/mol. The summed E-state index contributed by atoms with van der Waals surface area (Å²) in [6.45, 7) is 7.11. The van der Waals surface area contributed by atoms with Gasteiger partial charge in [0.15, 0.2) is 0 Å². The highest BCUT2D eigenvalue weighted by atomic mass is 79.9. The van der Waals surface area contributed by atoms with Gasteiger partial charge in [-0.05, 0) is 45.0 Å². The Balaban J connectivity index is 1.83.